The van der Waals surface area contributed by atoms with Crippen molar-refractivity contribution in [2.24, 2.45) is 7.05 Å². The molecular formula is C31H38N8O2. The number of ether oxygens (including phenoxy) is 1. The van der Waals surface area contributed by atoms with E-state index in [0.717, 1.165) is 96.4 Å². The molecule has 0 bridgehead atoms. The van der Waals surface area contributed by atoms with Crippen LogP contribution in [0.3, 0.4) is 0 Å². The molecule has 1 aliphatic heterocycles. The Morgan fingerprint density at radius 1 is 1.10 bits per heavy atom. The van der Waals surface area contributed by atoms with Gasteiger partial charge in [0.2, 0.25) is 0 Å². The zero-order valence-electron chi connectivity index (χ0n) is 24.1. The van der Waals surface area contributed by atoms with Crippen LogP contribution in [0.5, 0.6) is 0 Å². The Hall–Kier alpha value is -4.02. The van der Waals surface area contributed by atoms with Crippen LogP contribution in [0.4, 0.5) is 5.82 Å². The number of nitrogens with one attached hydrogen (secondary N) is 2. The highest BCUT2D eigenvalue weighted by atomic mass is 16.5. The first-order valence-corrected chi connectivity index (χ1v) is 14.5. The lowest BCUT2D eigenvalue weighted by Gasteiger charge is -2.16. The minimum atomic E-state index is -0.236. The summed E-state index contributed by atoms with van der Waals surface area (Å²) in [5, 5.41) is 8.90. The van der Waals surface area contributed by atoms with Gasteiger partial charge in [-0.25, -0.2) is 9.78 Å². The Kier molecular flexibility index (Phi) is 7.84. The highest BCUT2D eigenvalue weighted by molar-refractivity contribution is 6.10. The number of aromatic nitrogens is 6. The SMILES string of the molecule is CCCCCn1c(=O)nc(-c2ccc(NC3CCN(CCOC)C3)nc2)c2[nH]c3ccc(-c4cnn(C)c4)cc3c21. The summed E-state index contributed by atoms with van der Waals surface area (Å²) in [6.45, 7) is 6.52. The molecule has 0 spiro atoms. The Morgan fingerprint density at radius 3 is 2.73 bits per heavy atom. The van der Waals surface area contributed by atoms with Crippen LogP contribution >= 0.6 is 0 Å². The van der Waals surface area contributed by atoms with Crippen LogP contribution in [0.15, 0.2) is 53.7 Å². The van der Waals surface area contributed by atoms with Gasteiger partial charge in [0.15, 0.2) is 0 Å². The van der Waals surface area contributed by atoms with Crippen LogP contribution in [-0.2, 0) is 18.3 Å². The molecule has 1 fully saturated rings. The Bertz CT molecular complexity index is 1700. The van der Waals surface area contributed by atoms with Crippen molar-refractivity contribution >= 4 is 27.8 Å². The van der Waals surface area contributed by atoms with Crippen LogP contribution in [0.25, 0.3) is 44.3 Å². The number of rotatable bonds is 11. The molecule has 10 heteroatoms. The molecule has 5 heterocycles. The molecular weight excluding hydrogens is 516 g/mol. The molecule has 0 radical (unpaired) electrons. The molecule has 1 unspecified atom stereocenters. The quantitative estimate of drug-likeness (QED) is 0.229. The molecule has 1 atom stereocenters. The van der Waals surface area contributed by atoms with E-state index in [0.29, 0.717) is 18.3 Å². The largest absolute Gasteiger partial charge is 0.383 e. The average Bonchev–Trinajstić information content (AvgIpc) is 3.72. The highest BCUT2D eigenvalue weighted by Crippen LogP contribution is 2.33. The minimum Gasteiger partial charge on any atom is -0.383 e. The van der Waals surface area contributed by atoms with Crippen molar-refractivity contribution in [1.29, 1.82) is 0 Å². The molecule has 6 rings (SSSR count). The number of aromatic amines is 1. The monoisotopic (exact) mass is 554 g/mol. The van der Waals surface area contributed by atoms with E-state index in [1.54, 1.807) is 11.8 Å². The van der Waals surface area contributed by atoms with E-state index in [-0.39, 0.29) is 5.69 Å². The van der Waals surface area contributed by atoms with Crippen molar-refractivity contribution < 1.29 is 4.74 Å². The summed E-state index contributed by atoms with van der Waals surface area (Å²) in [5.74, 6) is 0.828. The molecule has 0 saturated carbocycles. The van der Waals surface area contributed by atoms with Crippen LogP contribution in [-0.4, -0.2) is 73.6 Å². The number of H-pyrrole nitrogens is 1. The van der Waals surface area contributed by atoms with E-state index in [9.17, 15) is 4.79 Å². The summed E-state index contributed by atoms with van der Waals surface area (Å²) in [6.07, 6.45) is 9.82. The third-order valence-corrected chi connectivity index (χ3v) is 8.01. The number of unbranched alkanes of at least 4 members (excludes halogenated alkanes) is 2. The Balaban J connectivity index is 1.36. The van der Waals surface area contributed by atoms with Gasteiger partial charge in [0, 0.05) is 80.8 Å². The van der Waals surface area contributed by atoms with Crippen LogP contribution in [0, 0.1) is 0 Å². The number of anilines is 1. The van der Waals surface area contributed by atoms with Gasteiger partial charge in [0.25, 0.3) is 0 Å². The van der Waals surface area contributed by atoms with Gasteiger partial charge in [-0.1, -0.05) is 25.8 Å². The normalized spacial score (nSPS) is 15.8. The smallest absolute Gasteiger partial charge is 0.348 e. The van der Waals surface area contributed by atoms with E-state index in [2.05, 4.69) is 50.4 Å². The van der Waals surface area contributed by atoms with Gasteiger partial charge in [-0.15, -0.1) is 0 Å². The maximum atomic E-state index is 13.5. The molecule has 1 saturated heterocycles. The number of methoxy groups -OCH3 is 1. The van der Waals surface area contributed by atoms with E-state index >= 15 is 0 Å². The summed E-state index contributed by atoms with van der Waals surface area (Å²) < 4.78 is 8.85. The van der Waals surface area contributed by atoms with Gasteiger partial charge in [-0.2, -0.15) is 10.1 Å². The summed E-state index contributed by atoms with van der Waals surface area (Å²) >= 11 is 0. The van der Waals surface area contributed by atoms with Crippen LogP contribution in [0.2, 0.25) is 0 Å². The zero-order valence-corrected chi connectivity index (χ0v) is 24.1. The fourth-order valence-corrected chi connectivity index (χ4v) is 5.83. The fraction of sp³-hybridized carbons (Fsp3) is 0.419. The lowest BCUT2D eigenvalue weighted by molar-refractivity contribution is 0.160. The number of likely N-dealkylation sites (tertiary alicyclic amines) is 1. The maximum Gasteiger partial charge on any atom is 0.348 e. The maximum absolute atomic E-state index is 13.5. The molecule has 4 aromatic heterocycles. The third-order valence-electron chi connectivity index (χ3n) is 8.01. The Labute approximate surface area is 239 Å². The standard InChI is InChI=1S/C31H38N8O2/c1-4-5-6-12-39-30-25-16-21(23-18-33-37(2)19-23)7-9-26(25)35-29(30)28(36-31(39)40)22-8-10-27(32-17-22)34-24-11-13-38(20-24)14-15-41-3/h7-10,16-19,24,35H,4-6,11-15,20H2,1-3H3,(H,32,34). The average molecular weight is 555 g/mol. The predicted molar refractivity (Wildman–Crippen MR) is 163 cm³/mol. The highest BCUT2D eigenvalue weighted by Gasteiger charge is 2.23. The number of pyridine rings is 1. The summed E-state index contributed by atoms with van der Waals surface area (Å²) in [6, 6.07) is 10.6. The molecule has 214 valence electrons. The predicted octanol–water partition coefficient (Wildman–Crippen LogP) is 4.66. The number of hydrogen-bond acceptors (Lipinski definition) is 7. The number of hydrogen-bond donors (Lipinski definition) is 2. The number of fused-ring (bicyclic) bond motifs is 3. The van der Waals surface area contributed by atoms with E-state index in [1.807, 2.05) is 42.3 Å². The summed E-state index contributed by atoms with van der Waals surface area (Å²) in [5.41, 5.74) is 6.01. The second-order valence-electron chi connectivity index (χ2n) is 11.0. The number of nitrogens with zero attached hydrogens (tertiary/aromatic N) is 6. The van der Waals surface area contributed by atoms with Crippen molar-refractivity contribution in [2.75, 3.05) is 38.7 Å². The fourth-order valence-electron chi connectivity index (χ4n) is 5.83. The van der Waals surface area contributed by atoms with Crippen molar-refractivity contribution in [3.63, 3.8) is 0 Å². The Morgan fingerprint density at radius 2 is 1.98 bits per heavy atom. The van der Waals surface area contributed by atoms with Crippen molar-refractivity contribution in [3.8, 4) is 22.4 Å². The number of benzene rings is 1. The molecule has 0 aliphatic carbocycles. The summed E-state index contributed by atoms with van der Waals surface area (Å²) in [7, 11) is 3.65. The molecule has 5 aromatic rings. The zero-order chi connectivity index (χ0) is 28.3. The third kappa shape index (κ3) is 5.62. The molecule has 0 amide bonds. The van der Waals surface area contributed by atoms with E-state index < -0.39 is 0 Å². The molecule has 1 aromatic carbocycles. The van der Waals surface area contributed by atoms with Crippen LogP contribution < -0.4 is 11.0 Å². The first-order chi connectivity index (χ1) is 20.0. The first-order valence-electron chi connectivity index (χ1n) is 14.5. The molecule has 41 heavy (non-hydrogen) atoms. The van der Waals surface area contributed by atoms with Gasteiger partial charge < -0.3 is 15.0 Å². The molecule has 10 nitrogen and oxygen atoms in total. The van der Waals surface area contributed by atoms with Crippen LogP contribution in [0.1, 0.15) is 32.6 Å². The van der Waals surface area contributed by atoms with E-state index in [1.165, 1.54) is 0 Å². The number of aryl methyl sites for hydroxylation is 2. The van der Waals surface area contributed by atoms with E-state index in [4.69, 9.17) is 9.72 Å². The second-order valence-corrected chi connectivity index (χ2v) is 11.0. The first kappa shape index (κ1) is 27.2. The lowest BCUT2D eigenvalue weighted by Crippen LogP contribution is -2.28. The molecule has 2 N–H and O–H groups in total. The van der Waals surface area contributed by atoms with Crippen molar-refractivity contribution in [1.82, 2.24) is 34.2 Å². The topological polar surface area (TPSA) is 106 Å². The van der Waals surface area contributed by atoms with Gasteiger partial charge in [-0.05, 0) is 42.7 Å². The second kappa shape index (κ2) is 11.8. The summed E-state index contributed by atoms with van der Waals surface area (Å²) in [4.78, 5) is 28.8. The minimum absolute atomic E-state index is 0.236. The van der Waals surface area contributed by atoms with Crippen molar-refractivity contribution in [2.45, 2.75) is 45.2 Å². The van der Waals surface area contributed by atoms with Gasteiger partial charge in [0.05, 0.1) is 23.8 Å². The molecule has 1 aliphatic rings. The lowest BCUT2D eigenvalue weighted by atomic mass is 10.1. The van der Waals surface area contributed by atoms with Gasteiger partial charge >= 0.3 is 5.69 Å². The van der Waals surface area contributed by atoms with Gasteiger partial charge in [0.1, 0.15) is 11.5 Å². The van der Waals surface area contributed by atoms with Crippen molar-refractivity contribution in [3.05, 3.63) is 59.4 Å². The van der Waals surface area contributed by atoms with Gasteiger partial charge in [-0.3, -0.25) is 14.1 Å².